The van der Waals surface area contributed by atoms with Crippen LogP contribution in [0.15, 0.2) is 0 Å². The summed E-state index contributed by atoms with van der Waals surface area (Å²) in [6, 6.07) is -0.519. The zero-order valence-electron chi connectivity index (χ0n) is 13.0. The number of amides is 2. The smallest absolute Gasteiger partial charge is 0.379 e. The Morgan fingerprint density at radius 2 is 1.86 bits per heavy atom. The summed E-state index contributed by atoms with van der Waals surface area (Å²) in [6.07, 6.45) is 1.12. The number of ether oxygens (including phenoxy) is 1. The Morgan fingerprint density at radius 3 is 2.41 bits per heavy atom. The molecule has 0 aromatic rings. The summed E-state index contributed by atoms with van der Waals surface area (Å²) in [5.41, 5.74) is 0. The fourth-order valence-electron chi connectivity index (χ4n) is 3.18. The average molecular weight is 322 g/mol. The Balaban J connectivity index is 1.92. The van der Waals surface area contributed by atoms with Gasteiger partial charge >= 0.3 is 12.2 Å². The van der Waals surface area contributed by atoms with E-state index in [0.717, 1.165) is 44.9 Å². The lowest BCUT2D eigenvalue weighted by molar-refractivity contribution is -0.138. The van der Waals surface area contributed by atoms with Gasteiger partial charge in [-0.2, -0.15) is 13.2 Å². The number of nitrogens with one attached hydrogen (secondary N) is 1. The molecule has 0 aliphatic heterocycles. The number of alkyl halides is 3. The molecule has 0 saturated heterocycles. The number of halogens is 3. The molecule has 2 rings (SSSR count). The largest absolute Gasteiger partial charge is 0.390 e. The van der Waals surface area contributed by atoms with Crippen molar-refractivity contribution in [1.29, 1.82) is 0 Å². The van der Waals surface area contributed by atoms with Gasteiger partial charge in [0.15, 0.2) is 0 Å². The number of carbonyl (C=O) groups is 1. The van der Waals surface area contributed by atoms with E-state index < -0.39 is 12.6 Å². The van der Waals surface area contributed by atoms with Gasteiger partial charge < -0.3 is 15.0 Å². The molecule has 2 aliphatic carbocycles. The first kappa shape index (κ1) is 17.4. The van der Waals surface area contributed by atoms with Crippen LogP contribution in [-0.2, 0) is 4.74 Å². The van der Waals surface area contributed by atoms with Crippen LogP contribution >= 0.6 is 0 Å². The maximum absolute atomic E-state index is 12.5. The molecule has 22 heavy (non-hydrogen) atoms. The fourth-order valence-corrected chi connectivity index (χ4v) is 3.18. The fraction of sp³-hybridized carbons (Fsp3) is 0.933. The van der Waals surface area contributed by atoms with Crippen molar-refractivity contribution in [2.75, 3.05) is 13.7 Å². The molecule has 0 radical (unpaired) electrons. The standard InChI is InChI=1S/C15H25F3N2O2/c1-22-13-8-3-2-7-12(13)19-14(21)20(11-5-4-6-11)10-9-15(16,17)18/h11-13H,2-10H2,1H3,(H,19,21). The van der Waals surface area contributed by atoms with Crippen LogP contribution in [0.1, 0.15) is 51.4 Å². The van der Waals surface area contributed by atoms with E-state index >= 15 is 0 Å². The molecule has 0 heterocycles. The molecular weight excluding hydrogens is 297 g/mol. The number of methoxy groups -OCH3 is 1. The Labute approximate surface area is 129 Å². The Morgan fingerprint density at radius 1 is 1.18 bits per heavy atom. The number of rotatable bonds is 5. The summed E-state index contributed by atoms with van der Waals surface area (Å²) in [5, 5.41) is 2.90. The van der Waals surface area contributed by atoms with Crippen LogP contribution in [0.2, 0.25) is 0 Å². The number of urea groups is 1. The highest BCUT2D eigenvalue weighted by Crippen LogP contribution is 2.28. The van der Waals surface area contributed by atoms with Crippen LogP contribution in [0, 0.1) is 0 Å². The summed E-state index contributed by atoms with van der Waals surface area (Å²) in [7, 11) is 1.61. The summed E-state index contributed by atoms with van der Waals surface area (Å²) < 4.78 is 42.8. The minimum atomic E-state index is -4.23. The first-order valence-electron chi connectivity index (χ1n) is 8.07. The van der Waals surface area contributed by atoms with Crippen LogP contribution < -0.4 is 5.32 Å². The monoisotopic (exact) mass is 322 g/mol. The van der Waals surface area contributed by atoms with E-state index in [4.69, 9.17) is 4.74 Å². The molecule has 0 aromatic heterocycles. The summed E-state index contributed by atoms with van der Waals surface area (Å²) in [5.74, 6) is 0. The molecular formula is C15H25F3N2O2. The lowest BCUT2D eigenvalue weighted by Gasteiger charge is -2.40. The van der Waals surface area contributed by atoms with Gasteiger partial charge in [0.2, 0.25) is 0 Å². The number of carbonyl (C=O) groups excluding carboxylic acids is 1. The van der Waals surface area contributed by atoms with E-state index in [9.17, 15) is 18.0 Å². The third-order valence-corrected chi connectivity index (χ3v) is 4.73. The van der Waals surface area contributed by atoms with Crippen molar-refractivity contribution >= 4 is 6.03 Å². The van der Waals surface area contributed by atoms with E-state index in [0.29, 0.717) is 0 Å². The van der Waals surface area contributed by atoms with Crippen molar-refractivity contribution in [3.05, 3.63) is 0 Å². The molecule has 128 valence electrons. The maximum atomic E-state index is 12.5. The molecule has 0 spiro atoms. The summed E-state index contributed by atoms with van der Waals surface area (Å²) >= 11 is 0. The molecule has 2 fully saturated rings. The highest BCUT2D eigenvalue weighted by atomic mass is 19.4. The number of hydrogen-bond donors (Lipinski definition) is 1. The maximum Gasteiger partial charge on any atom is 0.390 e. The van der Waals surface area contributed by atoms with Crippen molar-refractivity contribution in [3.63, 3.8) is 0 Å². The third-order valence-electron chi connectivity index (χ3n) is 4.73. The number of nitrogens with zero attached hydrogens (tertiary/aromatic N) is 1. The Kier molecular flexibility index (Phi) is 5.94. The van der Waals surface area contributed by atoms with Gasteiger partial charge in [-0.15, -0.1) is 0 Å². The van der Waals surface area contributed by atoms with Gasteiger partial charge in [0, 0.05) is 19.7 Å². The normalized spacial score (nSPS) is 26.4. The van der Waals surface area contributed by atoms with Crippen LogP contribution in [0.4, 0.5) is 18.0 Å². The van der Waals surface area contributed by atoms with Gasteiger partial charge in [0.05, 0.1) is 18.6 Å². The zero-order valence-corrected chi connectivity index (χ0v) is 13.0. The van der Waals surface area contributed by atoms with E-state index in [1.807, 2.05) is 0 Å². The third kappa shape index (κ3) is 4.76. The van der Waals surface area contributed by atoms with Crippen LogP contribution in [0.25, 0.3) is 0 Å². The minimum Gasteiger partial charge on any atom is -0.379 e. The predicted molar refractivity (Wildman–Crippen MR) is 76.6 cm³/mol. The molecule has 2 amide bonds. The molecule has 2 unspecified atom stereocenters. The van der Waals surface area contributed by atoms with Crippen LogP contribution in [-0.4, -0.2) is 48.9 Å². The van der Waals surface area contributed by atoms with E-state index in [-0.39, 0.29) is 30.8 Å². The molecule has 4 nitrogen and oxygen atoms in total. The van der Waals surface area contributed by atoms with Crippen molar-refractivity contribution < 1.29 is 22.7 Å². The predicted octanol–water partition coefficient (Wildman–Crippen LogP) is 3.46. The van der Waals surface area contributed by atoms with Crippen molar-refractivity contribution in [2.45, 2.75) is 75.7 Å². The molecule has 2 saturated carbocycles. The summed E-state index contributed by atoms with van der Waals surface area (Å²) in [6.45, 7) is -0.260. The SMILES string of the molecule is COC1CCCCC1NC(=O)N(CCC(F)(F)F)C1CCC1. The highest BCUT2D eigenvalue weighted by molar-refractivity contribution is 5.75. The topological polar surface area (TPSA) is 41.6 Å². The van der Waals surface area contributed by atoms with Gasteiger partial charge in [0.25, 0.3) is 0 Å². The quantitative estimate of drug-likeness (QED) is 0.842. The van der Waals surface area contributed by atoms with Gasteiger partial charge in [-0.3, -0.25) is 0 Å². The second-order valence-electron chi connectivity index (χ2n) is 6.26. The zero-order chi connectivity index (χ0) is 16.2. The van der Waals surface area contributed by atoms with Crippen LogP contribution in [0.5, 0.6) is 0 Å². The highest BCUT2D eigenvalue weighted by Gasteiger charge is 2.35. The average Bonchev–Trinajstić information content (AvgIpc) is 2.40. The molecule has 1 N–H and O–H groups in total. The van der Waals surface area contributed by atoms with E-state index in [1.165, 1.54) is 4.90 Å². The molecule has 7 heteroatoms. The lowest BCUT2D eigenvalue weighted by Crippen LogP contribution is -2.55. The Hall–Kier alpha value is -0.980. The van der Waals surface area contributed by atoms with E-state index in [2.05, 4.69) is 5.32 Å². The first-order chi connectivity index (χ1) is 10.4. The van der Waals surface area contributed by atoms with Crippen molar-refractivity contribution in [3.8, 4) is 0 Å². The molecule has 0 aromatic carbocycles. The van der Waals surface area contributed by atoms with E-state index in [1.54, 1.807) is 7.11 Å². The van der Waals surface area contributed by atoms with Crippen LogP contribution in [0.3, 0.4) is 0 Å². The lowest BCUT2D eigenvalue weighted by atomic mass is 9.91. The van der Waals surface area contributed by atoms with Crippen molar-refractivity contribution in [1.82, 2.24) is 10.2 Å². The second-order valence-corrected chi connectivity index (χ2v) is 6.26. The van der Waals surface area contributed by atoms with Gasteiger partial charge in [0.1, 0.15) is 0 Å². The second kappa shape index (κ2) is 7.53. The number of hydrogen-bond acceptors (Lipinski definition) is 2. The first-order valence-corrected chi connectivity index (χ1v) is 8.07. The van der Waals surface area contributed by atoms with Crippen molar-refractivity contribution in [2.24, 2.45) is 0 Å². The molecule has 2 aliphatic rings. The molecule has 0 bridgehead atoms. The molecule has 2 atom stereocenters. The summed E-state index contributed by atoms with van der Waals surface area (Å²) in [4.78, 5) is 13.8. The Bertz CT molecular complexity index is 372. The van der Waals surface area contributed by atoms with Gasteiger partial charge in [-0.25, -0.2) is 4.79 Å². The van der Waals surface area contributed by atoms with Gasteiger partial charge in [-0.05, 0) is 32.1 Å². The van der Waals surface area contributed by atoms with Gasteiger partial charge in [-0.1, -0.05) is 12.8 Å². The minimum absolute atomic E-state index is 0.0384.